The lowest BCUT2D eigenvalue weighted by atomic mass is 9.65. The molecule has 2 aliphatic heterocycles. The summed E-state index contributed by atoms with van der Waals surface area (Å²) >= 11 is 7.98. The number of hydrogen-bond donors (Lipinski definition) is 2. The highest BCUT2D eigenvalue weighted by molar-refractivity contribution is 6.35. The second kappa shape index (κ2) is 21.8. The lowest BCUT2D eigenvalue weighted by Crippen LogP contribution is -2.39. The van der Waals surface area contributed by atoms with Crippen LogP contribution in [0.5, 0.6) is 0 Å². The van der Waals surface area contributed by atoms with Crippen LogP contribution >= 0.6 is 11.6 Å². The first kappa shape index (κ1) is 52.1. The van der Waals surface area contributed by atoms with Crippen LogP contribution in [0.4, 0.5) is 11.4 Å². The molecule has 0 saturated heterocycles. The van der Waals surface area contributed by atoms with Crippen LogP contribution in [0.2, 0.25) is 0 Å². The Morgan fingerprint density at radius 1 is 0.769 bits per heavy atom. The van der Waals surface area contributed by atoms with E-state index in [2.05, 4.69) is 141 Å². The zero-order chi connectivity index (χ0) is 47.9. The average molecular weight is 909 g/mol. The van der Waals surface area contributed by atoms with Gasteiger partial charge in [0.2, 0.25) is 5.69 Å². The van der Waals surface area contributed by atoms with Gasteiger partial charge in [-0.25, -0.2) is 0 Å². The van der Waals surface area contributed by atoms with Gasteiger partial charge in [0.15, 0.2) is 12.3 Å². The summed E-state index contributed by atoms with van der Waals surface area (Å²) in [5, 5.41) is 21.0. The van der Waals surface area contributed by atoms with Crippen molar-refractivity contribution in [2.75, 3.05) is 18.0 Å². The SMILES string of the molecule is CCCCC1(CCCC)C(=C=CC(C)=C2CC(CC)CC(C3=[N+](CCC(=O)O)c4ccc(C(C)(C)C)cc4C3(CCCC)CCCC)=C2Cl)N(CCC(=O)O)c2ccc(C(C)(C)C)cc21. The van der Waals surface area contributed by atoms with Gasteiger partial charge in [0.1, 0.15) is 6.42 Å². The van der Waals surface area contributed by atoms with Crippen molar-refractivity contribution in [3.05, 3.63) is 97.9 Å². The van der Waals surface area contributed by atoms with Crippen LogP contribution < -0.4 is 4.90 Å². The molecule has 2 aromatic rings. The molecule has 2 aromatic carbocycles. The highest BCUT2D eigenvalue weighted by Crippen LogP contribution is 2.56. The molecule has 0 bridgehead atoms. The van der Waals surface area contributed by atoms with Crippen molar-refractivity contribution in [2.24, 2.45) is 5.92 Å². The molecule has 356 valence electrons. The maximum atomic E-state index is 12.4. The molecule has 7 heteroatoms. The number of aliphatic carboxylic acids is 2. The van der Waals surface area contributed by atoms with Gasteiger partial charge < -0.3 is 15.1 Å². The summed E-state index contributed by atoms with van der Waals surface area (Å²) in [6.07, 6.45) is 17.4. The summed E-state index contributed by atoms with van der Waals surface area (Å²) in [7, 11) is 0. The van der Waals surface area contributed by atoms with Crippen LogP contribution in [0.1, 0.15) is 214 Å². The third-order valence-electron chi connectivity index (χ3n) is 15.0. The minimum Gasteiger partial charge on any atom is -0.481 e. The van der Waals surface area contributed by atoms with Crippen molar-refractivity contribution >= 4 is 40.6 Å². The van der Waals surface area contributed by atoms with Gasteiger partial charge in [-0.1, -0.05) is 169 Å². The zero-order valence-corrected chi connectivity index (χ0v) is 43.3. The van der Waals surface area contributed by atoms with Gasteiger partial charge in [0.05, 0.1) is 22.6 Å². The fourth-order valence-electron chi connectivity index (χ4n) is 11.1. The molecule has 65 heavy (non-hydrogen) atoms. The van der Waals surface area contributed by atoms with Crippen LogP contribution in [0.3, 0.4) is 0 Å². The van der Waals surface area contributed by atoms with E-state index in [1.165, 1.54) is 33.5 Å². The maximum Gasteiger partial charge on any atom is 0.309 e. The number of carboxylic acids is 2. The normalized spacial score (nSPS) is 18.8. The first-order valence-electron chi connectivity index (χ1n) is 25.5. The highest BCUT2D eigenvalue weighted by atomic mass is 35.5. The molecule has 0 fully saturated rings. The molecule has 1 unspecified atom stereocenters. The molecule has 0 radical (unpaired) electrons. The molecule has 2 heterocycles. The van der Waals surface area contributed by atoms with E-state index in [0.717, 1.165) is 130 Å². The predicted molar refractivity (Wildman–Crippen MR) is 274 cm³/mol. The number of anilines is 1. The number of allylic oxidation sites excluding steroid dienone is 5. The minimum absolute atomic E-state index is 0.0356. The fourth-order valence-corrected chi connectivity index (χ4v) is 11.5. The largest absolute Gasteiger partial charge is 0.481 e. The van der Waals surface area contributed by atoms with Gasteiger partial charge in [-0.05, 0) is 108 Å². The molecular formula is C58H84ClN2O4+. The van der Waals surface area contributed by atoms with Crippen molar-refractivity contribution < 1.29 is 24.4 Å². The minimum atomic E-state index is -0.802. The molecule has 0 saturated carbocycles. The highest BCUT2D eigenvalue weighted by Gasteiger charge is 2.54. The molecule has 0 amide bonds. The molecule has 0 spiro atoms. The van der Waals surface area contributed by atoms with Crippen LogP contribution in [0.15, 0.2) is 75.7 Å². The Balaban J connectivity index is 1.85. The Kier molecular flexibility index (Phi) is 17.5. The second-order valence-electron chi connectivity index (χ2n) is 21.8. The van der Waals surface area contributed by atoms with E-state index < -0.39 is 11.9 Å². The van der Waals surface area contributed by atoms with Crippen molar-refractivity contribution in [3.63, 3.8) is 0 Å². The lowest BCUT2D eigenvalue weighted by molar-refractivity contribution is -0.437. The monoisotopic (exact) mass is 908 g/mol. The first-order chi connectivity index (χ1) is 30.7. The molecule has 0 aromatic heterocycles. The summed E-state index contributed by atoms with van der Waals surface area (Å²) in [5.41, 5.74) is 16.5. The number of carbonyl (C=O) groups is 2. The fraction of sp³-hybridized carbons (Fsp3) is 0.621. The summed E-state index contributed by atoms with van der Waals surface area (Å²) in [5.74, 6) is -1.23. The number of unbranched alkanes of at least 4 members (excludes halogenated alkanes) is 4. The summed E-state index contributed by atoms with van der Waals surface area (Å²) in [6, 6.07) is 13.9. The van der Waals surface area contributed by atoms with Crippen LogP contribution in [-0.2, 0) is 31.2 Å². The molecule has 6 nitrogen and oxygen atoms in total. The number of carboxylic acid groups (broad SMARTS) is 2. The van der Waals surface area contributed by atoms with Crippen molar-refractivity contribution in [1.29, 1.82) is 0 Å². The van der Waals surface area contributed by atoms with E-state index in [1.807, 2.05) is 0 Å². The molecule has 1 aliphatic carbocycles. The lowest BCUT2D eigenvalue weighted by Gasteiger charge is -2.34. The maximum absolute atomic E-state index is 12.4. The summed E-state index contributed by atoms with van der Waals surface area (Å²) < 4.78 is 2.37. The van der Waals surface area contributed by atoms with E-state index in [4.69, 9.17) is 11.6 Å². The number of halogens is 1. The number of benzene rings is 2. The molecule has 3 aliphatic rings. The van der Waals surface area contributed by atoms with Gasteiger partial charge in [-0.3, -0.25) is 9.59 Å². The van der Waals surface area contributed by atoms with E-state index in [1.54, 1.807) is 0 Å². The van der Waals surface area contributed by atoms with E-state index in [9.17, 15) is 19.8 Å². The number of hydrogen-bond acceptors (Lipinski definition) is 3. The molecular weight excluding hydrogens is 824 g/mol. The smallest absolute Gasteiger partial charge is 0.309 e. The second-order valence-corrected chi connectivity index (χ2v) is 22.1. The third kappa shape index (κ3) is 11.1. The van der Waals surface area contributed by atoms with Crippen LogP contribution in [0.25, 0.3) is 0 Å². The quantitative estimate of drug-likeness (QED) is 0.0963. The topological polar surface area (TPSA) is 80.9 Å². The third-order valence-corrected chi connectivity index (χ3v) is 15.4. The van der Waals surface area contributed by atoms with Crippen molar-refractivity contribution in [2.45, 2.75) is 214 Å². The number of nitrogens with zero attached hydrogens (tertiary/aromatic N) is 2. The van der Waals surface area contributed by atoms with E-state index in [0.29, 0.717) is 19.0 Å². The van der Waals surface area contributed by atoms with Crippen molar-refractivity contribution in [3.8, 4) is 0 Å². The Bertz CT molecular complexity index is 2200. The van der Waals surface area contributed by atoms with Gasteiger partial charge in [-0.2, -0.15) is 4.58 Å². The van der Waals surface area contributed by atoms with Crippen LogP contribution in [-0.4, -0.2) is 45.5 Å². The molecule has 2 N–H and O–H groups in total. The average Bonchev–Trinajstić information content (AvgIpc) is 3.67. The molecule has 5 rings (SSSR count). The Morgan fingerprint density at radius 3 is 1.80 bits per heavy atom. The van der Waals surface area contributed by atoms with Gasteiger partial charge in [0, 0.05) is 34.9 Å². The van der Waals surface area contributed by atoms with Crippen molar-refractivity contribution in [1.82, 2.24) is 0 Å². The Labute approximate surface area is 399 Å². The standard InChI is InChI=1S/C58H83ClN2O4/c1-13-18-30-57(31-19-14-2)46-38-42(55(7,8)9)23-25-48(46)60(34-28-51(62)63)50(57)27-22-40(6)44-36-41(17-5)37-45(53(44)59)54-58(32-20-15-3,33-21-16-4)47-39-43(56(10,11)12)24-26-49(47)61(54)35-29-52(64)65/h22-26,38-39,41H,13-21,28-37H2,1-12H3,(H-,62,63,64,65)/p+1. The predicted octanol–water partition coefficient (Wildman–Crippen LogP) is 15.8. The number of fused-ring (bicyclic) bond motifs is 2. The van der Waals surface area contributed by atoms with Gasteiger partial charge in [-0.15, -0.1) is 0 Å². The molecule has 1 atom stereocenters. The Hall–Kier alpha value is -3.86. The van der Waals surface area contributed by atoms with Gasteiger partial charge in [0.25, 0.3) is 0 Å². The van der Waals surface area contributed by atoms with Gasteiger partial charge >= 0.3 is 11.9 Å². The summed E-state index contributed by atoms with van der Waals surface area (Å²) in [4.78, 5) is 26.9. The Morgan fingerprint density at radius 2 is 1.29 bits per heavy atom. The number of rotatable bonds is 21. The zero-order valence-electron chi connectivity index (χ0n) is 42.5. The van der Waals surface area contributed by atoms with E-state index >= 15 is 0 Å². The van der Waals surface area contributed by atoms with E-state index in [-0.39, 0.29) is 34.5 Å². The van der Waals surface area contributed by atoms with Crippen LogP contribution in [0, 0.1) is 5.92 Å². The summed E-state index contributed by atoms with van der Waals surface area (Å²) in [6.45, 7) is 28.0. The first-order valence-corrected chi connectivity index (χ1v) is 25.8.